The Kier molecular flexibility index (Phi) is 8.60. The van der Waals surface area contributed by atoms with Crippen LogP contribution in [-0.4, -0.2) is 82.0 Å². The van der Waals surface area contributed by atoms with Gasteiger partial charge in [0.2, 0.25) is 10.0 Å². The number of anilines is 1. The number of likely N-dealkylation sites (N-methyl/N-ethyl adjacent to an activating group) is 1. The van der Waals surface area contributed by atoms with Gasteiger partial charge < -0.3 is 15.4 Å². The second-order valence-corrected chi connectivity index (χ2v) is 15.0. The number of sulfonamides is 1. The number of allylic oxidation sites excluding steroid dienone is 3. The SMILES string of the molecule is CN1CCN(C2CCC(n3nc(-c4ccc(Oc5cccc(CC6(S(N)(=O)=O)C=CC=CC6)c5)cc4)c4c(N)ncnc43)CC2)CC1. The predicted molar refractivity (Wildman–Crippen MR) is 184 cm³/mol. The van der Waals surface area contributed by atoms with Crippen LogP contribution in [0.5, 0.6) is 11.5 Å². The number of hydrogen-bond donors (Lipinski definition) is 2. The number of aromatic nitrogens is 4. The number of nitrogen functional groups attached to an aromatic ring is 1. The maximum atomic E-state index is 12.5. The van der Waals surface area contributed by atoms with Gasteiger partial charge in [0.15, 0.2) is 5.65 Å². The molecule has 11 nitrogen and oxygen atoms in total. The summed E-state index contributed by atoms with van der Waals surface area (Å²) in [5.41, 5.74) is 9.67. The third kappa shape index (κ3) is 6.42. The molecule has 1 atom stereocenters. The number of fused-ring (bicyclic) bond motifs is 1. The molecule has 1 unspecified atom stereocenters. The summed E-state index contributed by atoms with van der Waals surface area (Å²) in [6.07, 6.45) is 13.6. The quantitative estimate of drug-likeness (QED) is 0.277. The van der Waals surface area contributed by atoms with E-state index in [2.05, 4.69) is 31.5 Å². The highest BCUT2D eigenvalue weighted by Crippen LogP contribution is 2.38. The largest absolute Gasteiger partial charge is 0.457 e. The Morgan fingerprint density at radius 3 is 2.38 bits per heavy atom. The van der Waals surface area contributed by atoms with Crippen molar-refractivity contribution in [3.8, 4) is 22.8 Å². The molecule has 1 saturated carbocycles. The Morgan fingerprint density at radius 2 is 1.68 bits per heavy atom. The average Bonchev–Trinajstić information content (AvgIpc) is 3.47. The van der Waals surface area contributed by atoms with Crippen LogP contribution in [0.3, 0.4) is 0 Å². The molecule has 2 aromatic carbocycles. The summed E-state index contributed by atoms with van der Waals surface area (Å²) in [4.78, 5) is 14.0. The van der Waals surface area contributed by atoms with Crippen molar-refractivity contribution in [2.24, 2.45) is 5.14 Å². The number of rotatable bonds is 8. The lowest BCUT2D eigenvalue weighted by Crippen LogP contribution is -2.49. The first-order valence-corrected chi connectivity index (χ1v) is 17.9. The first kappa shape index (κ1) is 31.5. The van der Waals surface area contributed by atoms with Crippen LogP contribution < -0.4 is 15.6 Å². The van der Waals surface area contributed by atoms with E-state index in [1.807, 2.05) is 60.7 Å². The van der Waals surface area contributed by atoms with Gasteiger partial charge in [0, 0.05) is 37.8 Å². The molecule has 7 rings (SSSR count). The molecule has 0 radical (unpaired) electrons. The molecule has 3 aliphatic rings. The Labute approximate surface area is 276 Å². The zero-order valence-electron chi connectivity index (χ0n) is 26.7. The Bertz CT molecular complexity index is 1910. The first-order valence-electron chi connectivity index (χ1n) is 16.3. The third-order valence-electron chi connectivity index (χ3n) is 10.0. The molecular weight excluding hydrogens is 613 g/mol. The monoisotopic (exact) mass is 654 g/mol. The first-order chi connectivity index (χ1) is 22.7. The lowest BCUT2D eigenvalue weighted by Gasteiger charge is -2.41. The molecule has 2 aliphatic carbocycles. The molecule has 246 valence electrons. The van der Waals surface area contributed by atoms with E-state index >= 15 is 0 Å². The van der Waals surface area contributed by atoms with E-state index in [-0.39, 0.29) is 12.5 Å². The van der Waals surface area contributed by atoms with E-state index in [1.165, 1.54) is 6.33 Å². The van der Waals surface area contributed by atoms with Crippen LogP contribution in [-0.2, 0) is 16.4 Å². The number of nitrogens with two attached hydrogens (primary N) is 2. The van der Waals surface area contributed by atoms with Gasteiger partial charge in [0.05, 0.1) is 11.4 Å². The van der Waals surface area contributed by atoms with Crippen LogP contribution in [0.1, 0.15) is 43.7 Å². The van der Waals surface area contributed by atoms with Crippen LogP contribution in [0.4, 0.5) is 5.82 Å². The molecule has 1 saturated heterocycles. The number of nitrogens with zero attached hydrogens (tertiary/aromatic N) is 6. The normalized spacial score (nSPS) is 24.1. The standard InChI is InChI=1S/C35H42N8O3S/c1-41-18-20-42(21-19-41)27-10-12-28(13-11-27)43-34-31(33(36)38-24-39-34)32(40-43)26-8-14-29(15-9-26)46-30-7-5-6-25(22-30)23-35(47(37,44)45)16-3-2-4-17-35/h2-9,14-16,22,24,27-28H,10-13,17-21,23H2,1H3,(H2,36,38,39)(H2,37,44,45). The molecule has 0 amide bonds. The maximum absolute atomic E-state index is 12.5. The fourth-order valence-corrected chi connectivity index (χ4v) is 8.24. The zero-order valence-corrected chi connectivity index (χ0v) is 27.5. The molecule has 0 bridgehead atoms. The highest BCUT2D eigenvalue weighted by molar-refractivity contribution is 7.90. The molecule has 4 aromatic rings. The second kappa shape index (κ2) is 12.8. The maximum Gasteiger partial charge on any atom is 0.219 e. The van der Waals surface area contributed by atoms with Crippen LogP contribution in [0.2, 0.25) is 0 Å². The minimum Gasteiger partial charge on any atom is -0.457 e. The van der Waals surface area contributed by atoms with E-state index in [4.69, 9.17) is 20.7 Å². The minimum absolute atomic E-state index is 0.250. The number of ether oxygens (including phenoxy) is 1. The molecule has 2 aromatic heterocycles. The van der Waals surface area contributed by atoms with Crippen molar-refractivity contribution in [2.75, 3.05) is 39.0 Å². The summed E-state index contributed by atoms with van der Waals surface area (Å²) >= 11 is 0. The molecule has 2 fully saturated rings. The highest BCUT2D eigenvalue weighted by Gasteiger charge is 2.39. The fourth-order valence-electron chi connectivity index (χ4n) is 7.28. The lowest BCUT2D eigenvalue weighted by atomic mass is 9.90. The number of primary sulfonamides is 1. The van der Waals surface area contributed by atoms with Gasteiger partial charge in [-0.05, 0) is 87.5 Å². The molecular formula is C35H42N8O3S. The van der Waals surface area contributed by atoms with E-state index in [0.29, 0.717) is 29.8 Å². The zero-order chi connectivity index (χ0) is 32.6. The average molecular weight is 655 g/mol. The van der Waals surface area contributed by atoms with Gasteiger partial charge in [-0.2, -0.15) is 5.10 Å². The molecule has 0 spiro atoms. The van der Waals surface area contributed by atoms with E-state index in [0.717, 1.165) is 79.7 Å². The van der Waals surface area contributed by atoms with Crippen LogP contribution >= 0.6 is 0 Å². The van der Waals surface area contributed by atoms with Crippen molar-refractivity contribution in [1.29, 1.82) is 0 Å². The molecule has 12 heteroatoms. The van der Waals surface area contributed by atoms with Gasteiger partial charge >= 0.3 is 0 Å². The van der Waals surface area contributed by atoms with Gasteiger partial charge in [-0.15, -0.1) is 0 Å². The third-order valence-corrected chi connectivity index (χ3v) is 11.6. The topological polar surface area (TPSA) is 145 Å². The predicted octanol–water partition coefficient (Wildman–Crippen LogP) is 4.68. The number of benzene rings is 2. The van der Waals surface area contributed by atoms with Crippen molar-refractivity contribution in [2.45, 2.75) is 55.4 Å². The van der Waals surface area contributed by atoms with Gasteiger partial charge in [0.25, 0.3) is 0 Å². The van der Waals surface area contributed by atoms with Crippen molar-refractivity contribution >= 4 is 26.9 Å². The Morgan fingerprint density at radius 1 is 0.936 bits per heavy atom. The lowest BCUT2D eigenvalue weighted by molar-refractivity contribution is 0.0815. The van der Waals surface area contributed by atoms with Crippen LogP contribution in [0.25, 0.3) is 22.3 Å². The van der Waals surface area contributed by atoms with Gasteiger partial charge in [0.1, 0.15) is 34.1 Å². The number of piperazine rings is 1. The summed E-state index contributed by atoms with van der Waals surface area (Å²) in [7, 11) is -1.63. The summed E-state index contributed by atoms with van der Waals surface area (Å²) in [5.74, 6) is 1.66. The van der Waals surface area contributed by atoms with Crippen molar-refractivity contribution in [3.63, 3.8) is 0 Å². The van der Waals surface area contributed by atoms with E-state index < -0.39 is 14.8 Å². The molecule has 47 heavy (non-hydrogen) atoms. The highest BCUT2D eigenvalue weighted by atomic mass is 32.2. The summed E-state index contributed by atoms with van der Waals surface area (Å²) in [6, 6.07) is 16.1. The van der Waals surface area contributed by atoms with Crippen molar-refractivity contribution in [1.82, 2.24) is 29.5 Å². The fraction of sp³-hybridized carbons (Fsp3) is 0.400. The molecule has 4 N–H and O–H groups in total. The van der Waals surface area contributed by atoms with Crippen molar-refractivity contribution < 1.29 is 13.2 Å². The van der Waals surface area contributed by atoms with Gasteiger partial charge in [-0.3, -0.25) is 4.90 Å². The Hall–Kier alpha value is -4.10. The van der Waals surface area contributed by atoms with E-state index in [1.54, 1.807) is 12.2 Å². The molecule has 3 heterocycles. The van der Waals surface area contributed by atoms with Crippen LogP contribution in [0.15, 0.2) is 79.2 Å². The van der Waals surface area contributed by atoms with Gasteiger partial charge in [-0.25, -0.2) is 28.2 Å². The van der Waals surface area contributed by atoms with Crippen molar-refractivity contribution in [3.05, 3.63) is 84.7 Å². The second-order valence-electron chi connectivity index (χ2n) is 13.1. The minimum atomic E-state index is -3.83. The smallest absolute Gasteiger partial charge is 0.219 e. The summed E-state index contributed by atoms with van der Waals surface area (Å²) in [5, 5.41) is 11.5. The Balaban J connectivity index is 1.08. The summed E-state index contributed by atoms with van der Waals surface area (Å²) < 4.78 is 32.2. The number of hydrogen-bond acceptors (Lipinski definition) is 9. The summed E-state index contributed by atoms with van der Waals surface area (Å²) in [6.45, 7) is 4.56. The van der Waals surface area contributed by atoms with Crippen LogP contribution in [0, 0.1) is 0 Å². The van der Waals surface area contributed by atoms with Gasteiger partial charge in [-0.1, -0.05) is 36.4 Å². The molecule has 1 aliphatic heterocycles. The van der Waals surface area contributed by atoms with E-state index in [9.17, 15) is 8.42 Å².